The molecule has 3 nitrogen and oxygen atoms in total. The number of aromatic amines is 1. The van der Waals surface area contributed by atoms with E-state index in [4.69, 9.17) is 17.3 Å². The van der Waals surface area contributed by atoms with Crippen LogP contribution in [0, 0.1) is 13.8 Å². The van der Waals surface area contributed by atoms with Gasteiger partial charge in [-0.05, 0) is 37.6 Å². The SMILES string of the molecule is Cc1[nH]nc(-c2ccc(Cl)cc2N)c1C. The Morgan fingerprint density at radius 2 is 2.07 bits per heavy atom. The standard InChI is InChI=1S/C11H12ClN3/c1-6-7(2)14-15-11(6)9-4-3-8(12)5-10(9)13/h3-5H,13H2,1-2H3,(H,14,15). The fourth-order valence-corrected chi connectivity index (χ4v) is 1.68. The van der Waals surface area contributed by atoms with Gasteiger partial charge < -0.3 is 5.73 Å². The lowest BCUT2D eigenvalue weighted by molar-refractivity contribution is 1.05. The Hall–Kier alpha value is -1.48. The summed E-state index contributed by atoms with van der Waals surface area (Å²) in [7, 11) is 0. The van der Waals surface area contributed by atoms with Crippen LogP contribution in [0.5, 0.6) is 0 Å². The van der Waals surface area contributed by atoms with E-state index in [1.807, 2.05) is 26.0 Å². The zero-order chi connectivity index (χ0) is 11.0. The van der Waals surface area contributed by atoms with E-state index in [1.54, 1.807) is 6.07 Å². The first-order valence-corrected chi connectivity index (χ1v) is 5.04. The summed E-state index contributed by atoms with van der Waals surface area (Å²) < 4.78 is 0. The number of hydrogen-bond acceptors (Lipinski definition) is 2. The molecule has 78 valence electrons. The van der Waals surface area contributed by atoms with Gasteiger partial charge in [-0.15, -0.1) is 0 Å². The van der Waals surface area contributed by atoms with Crippen LogP contribution >= 0.6 is 11.6 Å². The highest BCUT2D eigenvalue weighted by molar-refractivity contribution is 6.31. The highest BCUT2D eigenvalue weighted by atomic mass is 35.5. The summed E-state index contributed by atoms with van der Waals surface area (Å²) in [5, 5.41) is 7.81. The van der Waals surface area contributed by atoms with Gasteiger partial charge in [-0.3, -0.25) is 5.10 Å². The topological polar surface area (TPSA) is 54.7 Å². The molecule has 3 N–H and O–H groups in total. The summed E-state index contributed by atoms with van der Waals surface area (Å²) in [6.07, 6.45) is 0. The highest BCUT2D eigenvalue weighted by Crippen LogP contribution is 2.29. The molecule has 0 saturated heterocycles. The number of H-pyrrole nitrogens is 1. The average Bonchev–Trinajstić information content (AvgIpc) is 2.49. The number of aromatic nitrogens is 2. The van der Waals surface area contributed by atoms with Gasteiger partial charge in [0.15, 0.2) is 0 Å². The number of hydrogen-bond donors (Lipinski definition) is 2. The lowest BCUT2D eigenvalue weighted by Gasteiger charge is -2.03. The first-order valence-electron chi connectivity index (χ1n) is 4.66. The number of rotatable bonds is 1. The molecular weight excluding hydrogens is 210 g/mol. The Morgan fingerprint density at radius 1 is 1.33 bits per heavy atom. The zero-order valence-electron chi connectivity index (χ0n) is 8.63. The zero-order valence-corrected chi connectivity index (χ0v) is 9.39. The van der Waals surface area contributed by atoms with Crippen molar-refractivity contribution in [2.24, 2.45) is 0 Å². The Balaban J connectivity index is 2.59. The van der Waals surface area contributed by atoms with Gasteiger partial charge in [0.05, 0.1) is 5.69 Å². The number of nitrogens with two attached hydrogens (primary N) is 1. The third-order valence-corrected chi connectivity index (χ3v) is 2.76. The summed E-state index contributed by atoms with van der Waals surface area (Å²) in [4.78, 5) is 0. The number of nitrogen functional groups attached to an aromatic ring is 1. The molecule has 2 rings (SSSR count). The molecule has 0 atom stereocenters. The molecule has 0 unspecified atom stereocenters. The van der Waals surface area contributed by atoms with Gasteiger partial charge in [0.2, 0.25) is 0 Å². The quantitative estimate of drug-likeness (QED) is 0.728. The summed E-state index contributed by atoms with van der Waals surface area (Å²) >= 11 is 5.84. The van der Waals surface area contributed by atoms with Crippen molar-refractivity contribution < 1.29 is 0 Å². The number of benzene rings is 1. The smallest absolute Gasteiger partial charge is 0.0973 e. The van der Waals surface area contributed by atoms with Crippen molar-refractivity contribution in [2.45, 2.75) is 13.8 Å². The second-order valence-corrected chi connectivity index (χ2v) is 3.99. The maximum Gasteiger partial charge on any atom is 0.0973 e. The Bertz CT molecular complexity index is 503. The molecule has 4 heteroatoms. The van der Waals surface area contributed by atoms with Gasteiger partial charge in [0, 0.05) is 22.0 Å². The van der Waals surface area contributed by atoms with Crippen LogP contribution < -0.4 is 5.73 Å². The molecule has 0 fully saturated rings. The third-order valence-electron chi connectivity index (χ3n) is 2.52. The van der Waals surface area contributed by atoms with Gasteiger partial charge in [0.25, 0.3) is 0 Å². The van der Waals surface area contributed by atoms with Crippen LogP contribution in [0.15, 0.2) is 18.2 Å². The van der Waals surface area contributed by atoms with Crippen LogP contribution in [0.3, 0.4) is 0 Å². The van der Waals surface area contributed by atoms with E-state index in [0.717, 1.165) is 22.5 Å². The Morgan fingerprint density at radius 3 is 2.60 bits per heavy atom. The fraction of sp³-hybridized carbons (Fsp3) is 0.182. The molecule has 0 aliphatic rings. The van der Waals surface area contributed by atoms with Crippen molar-refractivity contribution >= 4 is 17.3 Å². The summed E-state index contributed by atoms with van der Waals surface area (Å²) in [5.41, 5.74) is 10.5. The second-order valence-electron chi connectivity index (χ2n) is 3.55. The molecule has 1 aromatic carbocycles. The van der Waals surface area contributed by atoms with E-state index in [-0.39, 0.29) is 0 Å². The van der Waals surface area contributed by atoms with Crippen molar-refractivity contribution in [2.75, 3.05) is 5.73 Å². The van der Waals surface area contributed by atoms with Crippen molar-refractivity contribution in [3.63, 3.8) is 0 Å². The number of nitrogens with zero attached hydrogens (tertiary/aromatic N) is 1. The molecule has 0 saturated carbocycles. The molecule has 2 aromatic rings. The van der Waals surface area contributed by atoms with E-state index < -0.39 is 0 Å². The summed E-state index contributed by atoms with van der Waals surface area (Å²) in [6.45, 7) is 4.00. The number of halogens is 1. The van der Waals surface area contributed by atoms with Gasteiger partial charge in [-0.1, -0.05) is 11.6 Å². The monoisotopic (exact) mass is 221 g/mol. The highest BCUT2D eigenvalue weighted by Gasteiger charge is 2.10. The first-order chi connectivity index (χ1) is 7.09. The van der Waals surface area contributed by atoms with Crippen molar-refractivity contribution in [3.8, 4) is 11.3 Å². The molecular formula is C11H12ClN3. The second kappa shape index (κ2) is 3.59. The van der Waals surface area contributed by atoms with Crippen LogP contribution in [-0.4, -0.2) is 10.2 Å². The number of anilines is 1. The minimum atomic E-state index is 0.640. The maximum atomic E-state index is 5.89. The number of nitrogens with one attached hydrogen (secondary N) is 1. The molecule has 0 bridgehead atoms. The van der Waals surface area contributed by atoms with Crippen LogP contribution in [0.1, 0.15) is 11.3 Å². The van der Waals surface area contributed by atoms with Crippen LogP contribution in [0.25, 0.3) is 11.3 Å². The fourth-order valence-electron chi connectivity index (χ4n) is 1.50. The van der Waals surface area contributed by atoms with Crippen molar-refractivity contribution in [1.29, 1.82) is 0 Å². The van der Waals surface area contributed by atoms with E-state index in [1.165, 1.54) is 0 Å². The minimum Gasteiger partial charge on any atom is -0.398 e. The molecule has 0 amide bonds. The maximum absolute atomic E-state index is 5.89. The summed E-state index contributed by atoms with van der Waals surface area (Å²) in [6, 6.07) is 5.44. The lowest BCUT2D eigenvalue weighted by Crippen LogP contribution is -1.91. The van der Waals surface area contributed by atoms with E-state index in [0.29, 0.717) is 10.7 Å². The lowest BCUT2D eigenvalue weighted by atomic mass is 10.1. The third kappa shape index (κ3) is 1.70. The van der Waals surface area contributed by atoms with Gasteiger partial charge in [-0.25, -0.2) is 0 Å². The first kappa shape index (κ1) is 10.1. The molecule has 0 spiro atoms. The number of aryl methyl sites for hydroxylation is 1. The van der Waals surface area contributed by atoms with E-state index in [9.17, 15) is 0 Å². The molecule has 0 radical (unpaired) electrons. The minimum absolute atomic E-state index is 0.640. The van der Waals surface area contributed by atoms with E-state index in [2.05, 4.69) is 10.2 Å². The molecule has 1 aromatic heterocycles. The normalized spacial score (nSPS) is 10.6. The van der Waals surface area contributed by atoms with Crippen molar-refractivity contribution in [1.82, 2.24) is 10.2 Å². The van der Waals surface area contributed by atoms with Crippen molar-refractivity contribution in [3.05, 3.63) is 34.5 Å². The molecule has 15 heavy (non-hydrogen) atoms. The van der Waals surface area contributed by atoms with E-state index >= 15 is 0 Å². The molecule has 0 aliphatic heterocycles. The predicted octanol–water partition coefficient (Wildman–Crippen LogP) is 2.93. The van der Waals surface area contributed by atoms with Crippen LogP contribution in [-0.2, 0) is 0 Å². The van der Waals surface area contributed by atoms with Gasteiger partial charge >= 0.3 is 0 Å². The van der Waals surface area contributed by atoms with Gasteiger partial charge in [0.1, 0.15) is 0 Å². The van der Waals surface area contributed by atoms with Crippen LogP contribution in [0.2, 0.25) is 5.02 Å². The average molecular weight is 222 g/mol. The molecule has 0 aliphatic carbocycles. The molecule has 1 heterocycles. The Labute approximate surface area is 93.3 Å². The largest absolute Gasteiger partial charge is 0.398 e. The van der Waals surface area contributed by atoms with Gasteiger partial charge in [-0.2, -0.15) is 5.10 Å². The summed E-state index contributed by atoms with van der Waals surface area (Å²) in [5.74, 6) is 0. The van der Waals surface area contributed by atoms with Crippen LogP contribution in [0.4, 0.5) is 5.69 Å². The Kier molecular flexibility index (Phi) is 2.40. The predicted molar refractivity (Wildman–Crippen MR) is 62.9 cm³/mol.